The number of hydrogen-bond donors (Lipinski definition) is 2. The average molecular weight is 202 g/mol. The molecule has 0 aromatic carbocycles. The molecule has 0 bridgehead atoms. The van der Waals surface area contributed by atoms with E-state index in [0.717, 1.165) is 19.4 Å². The zero-order valence-corrected chi connectivity index (χ0v) is 10.5. The minimum absolute atomic E-state index is 0. The van der Waals surface area contributed by atoms with Crippen molar-refractivity contribution in [2.75, 3.05) is 6.54 Å². The van der Waals surface area contributed by atoms with Gasteiger partial charge in [0.05, 0.1) is 0 Å². The third-order valence-electron chi connectivity index (χ3n) is 1.36. The van der Waals surface area contributed by atoms with E-state index in [1.165, 1.54) is 0 Å². The van der Waals surface area contributed by atoms with Crippen molar-refractivity contribution in [3.05, 3.63) is 0 Å². The summed E-state index contributed by atoms with van der Waals surface area (Å²) in [6, 6.07) is -0.269. The van der Waals surface area contributed by atoms with Crippen LogP contribution in [0.1, 0.15) is 14.3 Å². The zero-order valence-electron chi connectivity index (χ0n) is 6.55. The molecular weight excluding hydrogens is 192 g/mol. The first-order valence-corrected chi connectivity index (χ1v) is 2.77. The minimum atomic E-state index is -0.720. The van der Waals surface area contributed by atoms with E-state index in [1.807, 2.05) is 0 Å². The van der Waals surface area contributed by atoms with Crippen molar-refractivity contribution < 1.29 is 69.5 Å². The predicted molar refractivity (Wildman–Crippen MR) is 29.8 cm³/mol. The molecule has 3 nitrogen and oxygen atoms in total. The van der Waals surface area contributed by atoms with Crippen LogP contribution in [0.4, 0.5) is 0 Å². The molecule has 1 aliphatic rings. The Morgan fingerprint density at radius 1 is 1.78 bits per heavy atom. The van der Waals surface area contributed by atoms with E-state index in [-0.39, 0.29) is 65.7 Å². The van der Waals surface area contributed by atoms with Gasteiger partial charge in [0.15, 0.2) is 0 Å². The molecule has 0 radical (unpaired) electrons. The van der Waals surface area contributed by atoms with Crippen LogP contribution in [0, 0.1) is 0 Å². The van der Waals surface area contributed by atoms with Gasteiger partial charge in [0.2, 0.25) is 0 Å². The molecule has 1 aliphatic heterocycles. The molecule has 9 heavy (non-hydrogen) atoms. The Bertz CT molecular complexity index is 106. The molecular formula is C5H10NO2Rb. The molecule has 0 aromatic heterocycles. The van der Waals surface area contributed by atoms with Gasteiger partial charge in [0.25, 0.3) is 0 Å². The number of rotatable bonds is 1. The maximum Gasteiger partial charge on any atom is 1.00 e. The van der Waals surface area contributed by atoms with Gasteiger partial charge in [-0.2, -0.15) is 0 Å². The van der Waals surface area contributed by atoms with Crippen molar-refractivity contribution in [1.29, 1.82) is 0 Å². The molecule has 1 fully saturated rings. The van der Waals surface area contributed by atoms with Crippen molar-refractivity contribution in [3.63, 3.8) is 0 Å². The van der Waals surface area contributed by atoms with Crippen molar-refractivity contribution in [2.45, 2.75) is 18.9 Å². The Kier molecular flexibility index (Phi) is 5.64. The van der Waals surface area contributed by atoms with E-state index in [4.69, 9.17) is 5.11 Å². The quantitative estimate of drug-likeness (QED) is 0.474. The standard InChI is InChI=1S/C5H9NO2.Rb.H/c7-5(8)4-2-1-3-6-4;;/h4,6H,1-3H2,(H,7,8);;/q;+1;-1/t4-;;/m0../s1. The van der Waals surface area contributed by atoms with E-state index in [0.29, 0.717) is 0 Å². The largest absolute Gasteiger partial charge is 1.00 e. The molecule has 1 heterocycles. The van der Waals surface area contributed by atoms with E-state index in [2.05, 4.69) is 5.32 Å². The Labute approximate surface area is 104 Å². The third kappa shape index (κ3) is 3.23. The monoisotopic (exact) mass is 201 g/mol. The Morgan fingerprint density at radius 2 is 2.44 bits per heavy atom. The Hall–Kier alpha value is 1.24. The molecule has 0 amide bonds. The second kappa shape index (κ2) is 4.96. The summed E-state index contributed by atoms with van der Waals surface area (Å²) in [5.41, 5.74) is 0. The van der Waals surface area contributed by atoms with Gasteiger partial charge in [0, 0.05) is 0 Å². The summed E-state index contributed by atoms with van der Waals surface area (Å²) in [5.74, 6) is -0.720. The summed E-state index contributed by atoms with van der Waals surface area (Å²) < 4.78 is 0. The number of carboxylic acids is 1. The van der Waals surface area contributed by atoms with Crippen LogP contribution in [0.3, 0.4) is 0 Å². The van der Waals surface area contributed by atoms with Gasteiger partial charge in [-0.1, -0.05) is 0 Å². The molecule has 0 saturated carbocycles. The van der Waals surface area contributed by atoms with Crippen LogP contribution in [0.25, 0.3) is 0 Å². The van der Waals surface area contributed by atoms with Crippen LogP contribution in [0.5, 0.6) is 0 Å². The number of carboxylic acid groups (broad SMARTS) is 1. The van der Waals surface area contributed by atoms with Crippen LogP contribution in [0.2, 0.25) is 0 Å². The summed E-state index contributed by atoms with van der Waals surface area (Å²) >= 11 is 0. The van der Waals surface area contributed by atoms with Crippen molar-refractivity contribution >= 4 is 5.97 Å². The normalized spacial score (nSPS) is 25.1. The first-order valence-electron chi connectivity index (χ1n) is 2.77. The summed E-state index contributed by atoms with van der Waals surface area (Å²) in [6.45, 7) is 0.858. The zero-order chi connectivity index (χ0) is 5.98. The second-order valence-corrected chi connectivity index (χ2v) is 1.99. The maximum absolute atomic E-state index is 10.1. The minimum Gasteiger partial charge on any atom is -1.00 e. The van der Waals surface area contributed by atoms with Gasteiger partial charge < -0.3 is 11.8 Å². The third-order valence-corrected chi connectivity index (χ3v) is 1.36. The first kappa shape index (κ1) is 10.2. The van der Waals surface area contributed by atoms with Crippen molar-refractivity contribution in [2.24, 2.45) is 0 Å². The molecule has 0 unspecified atom stereocenters. The van der Waals surface area contributed by atoms with Crippen LogP contribution < -0.4 is 63.5 Å². The van der Waals surface area contributed by atoms with Crippen LogP contribution in [-0.2, 0) is 4.79 Å². The van der Waals surface area contributed by atoms with Gasteiger partial charge in [-0.3, -0.25) is 4.79 Å². The smallest absolute Gasteiger partial charge is 1.00 e. The topological polar surface area (TPSA) is 49.3 Å². The van der Waals surface area contributed by atoms with Gasteiger partial charge >= 0.3 is 64.2 Å². The Morgan fingerprint density at radius 3 is 2.67 bits per heavy atom. The van der Waals surface area contributed by atoms with E-state index < -0.39 is 5.97 Å². The van der Waals surface area contributed by atoms with Gasteiger partial charge in [-0.15, -0.1) is 0 Å². The summed E-state index contributed by atoms with van der Waals surface area (Å²) in [7, 11) is 0. The summed E-state index contributed by atoms with van der Waals surface area (Å²) in [5, 5.41) is 11.2. The first-order chi connectivity index (χ1) is 3.80. The molecule has 1 saturated heterocycles. The van der Waals surface area contributed by atoms with Crippen LogP contribution in [0.15, 0.2) is 0 Å². The molecule has 1 atom stereocenters. The SMILES string of the molecule is O=C(O)[C@@H]1CCCN1.[H-].[Rb+]. The van der Waals surface area contributed by atoms with Gasteiger partial charge in [-0.05, 0) is 19.4 Å². The summed E-state index contributed by atoms with van der Waals surface area (Å²) in [6.07, 6.45) is 1.78. The Balaban J connectivity index is 0. The van der Waals surface area contributed by atoms with Gasteiger partial charge in [0.1, 0.15) is 6.04 Å². The molecule has 1 rings (SSSR count). The fourth-order valence-electron chi connectivity index (χ4n) is 0.895. The van der Waals surface area contributed by atoms with Crippen LogP contribution >= 0.6 is 0 Å². The maximum atomic E-state index is 10.1. The average Bonchev–Trinajstić information content (AvgIpc) is 2.12. The fourth-order valence-corrected chi connectivity index (χ4v) is 0.895. The number of hydrogen-bond acceptors (Lipinski definition) is 2. The molecule has 2 N–H and O–H groups in total. The number of carbonyl (C=O) groups is 1. The second-order valence-electron chi connectivity index (χ2n) is 1.99. The van der Waals surface area contributed by atoms with E-state index in [9.17, 15) is 4.79 Å². The van der Waals surface area contributed by atoms with E-state index in [1.54, 1.807) is 0 Å². The van der Waals surface area contributed by atoms with Crippen molar-refractivity contribution in [1.82, 2.24) is 5.32 Å². The molecule has 0 aliphatic carbocycles. The van der Waals surface area contributed by atoms with E-state index >= 15 is 0 Å². The summed E-state index contributed by atoms with van der Waals surface area (Å²) in [4.78, 5) is 10.1. The fraction of sp³-hybridized carbons (Fsp3) is 0.800. The number of nitrogens with one attached hydrogen (secondary N) is 1. The number of aliphatic carboxylic acids is 1. The van der Waals surface area contributed by atoms with Gasteiger partial charge in [-0.25, -0.2) is 0 Å². The predicted octanol–water partition coefficient (Wildman–Crippen LogP) is -3.06. The van der Waals surface area contributed by atoms with Crippen molar-refractivity contribution in [3.8, 4) is 0 Å². The molecule has 0 spiro atoms. The molecule has 4 heteroatoms. The van der Waals surface area contributed by atoms with Crippen LogP contribution in [-0.4, -0.2) is 23.7 Å². The molecule has 0 aromatic rings. The molecule has 48 valence electrons.